The van der Waals surface area contributed by atoms with Gasteiger partial charge in [0.1, 0.15) is 0 Å². The quantitative estimate of drug-likeness (QED) is 0.631. The molecule has 128 valence electrons. The first-order chi connectivity index (χ1) is 12.2. The van der Waals surface area contributed by atoms with Gasteiger partial charge in [0.15, 0.2) is 5.11 Å². The normalized spacial score (nSPS) is 9.76. The maximum Gasteiger partial charge on any atom is 0.339 e. The molecule has 0 radical (unpaired) electrons. The van der Waals surface area contributed by atoms with Gasteiger partial charge in [-0.1, -0.05) is 18.2 Å². The minimum atomic E-state index is -0.443. The molecule has 7 heteroatoms. The SMILES string of the molecule is COC(=O)c1ccccc1NC(=S)N(CCC#N)Cc1cccnc1. The van der Waals surface area contributed by atoms with Crippen molar-refractivity contribution in [3.63, 3.8) is 0 Å². The molecule has 0 aliphatic heterocycles. The summed E-state index contributed by atoms with van der Waals surface area (Å²) in [5, 5.41) is 12.4. The van der Waals surface area contributed by atoms with Crippen molar-refractivity contribution in [2.24, 2.45) is 0 Å². The fraction of sp³-hybridized carbons (Fsp3) is 0.222. The molecule has 0 aliphatic rings. The van der Waals surface area contributed by atoms with Crippen LogP contribution in [-0.2, 0) is 11.3 Å². The van der Waals surface area contributed by atoms with Crippen LogP contribution in [0, 0.1) is 11.3 Å². The fourth-order valence-electron chi connectivity index (χ4n) is 2.22. The van der Waals surface area contributed by atoms with Crippen LogP contribution < -0.4 is 5.32 Å². The predicted octanol–water partition coefficient (Wildman–Crippen LogP) is 2.98. The van der Waals surface area contributed by atoms with E-state index in [9.17, 15) is 4.79 Å². The summed E-state index contributed by atoms with van der Waals surface area (Å²) >= 11 is 5.49. The zero-order valence-corrected chi connectivity index (χ0v) is 14.6. The Hall–Kier alpha value is -2.98. The van der Waals surface area contributed by atoms with E-state index in [2.05, 4.69) is 16.4 Å². The van der Waals surface area contributed by atoms with Crippen LogP contribution in [0.5, 0.6) is 0 Å². The minimum absolute atomic E-state index is 0.334. The third kappa shape index (κ3) is 5.26. The number of nitrogens with one attached hydrogen (secondary N) is 1. The van der Waals surface area contributed by atoms with Crippen LogP contribution in [0.3, 0.4) is 0 Å². The van der Waals surface area contributed by atoms with E-state index in [1.54, 1.807) is 36.7 Å². The molecule has 1 heterocycles. The van der Waals surface area contributed by atoms with Gasteiger partial charge >= 0.3 is 5.97 Å². The summed E-state index contributed by atoms with van der Waals surface area (Å²) in [6, 6.07) is 12.9. The summed E-state index contributed by atoms with van der Waals surface area (Å²) in [6.45, 7) is 0.985. The van der Waals surface area contributed by atoms with Gasteiger partial charge in [-0.15, -0.1) is 0 Å². The van der Waals surface area contributed by atoms with Gasteiger partial charge in [-0.05, 0) is 36.0 Å². The molecular weight excluding hydrogens is 336 g/mol. The average molecular weight is 354 g/mol. The number of esters is 1. The summed E-state index contributed by atoms with van der Waals surface area (Å²) in [4.78, 5) is 17.8. The lowest BCUT2D eigenvalue weighted by molar-refractivity contribution is 0.0602. The van der Waals surface area contributed by atoms with E-state index in [-0.39, 0.29) is 0 Å². The lowest BCUT2D eigenvalue weighted by Gasteiger charge is -2.25. The van der Waals surface area contributed by atoms with Gasteiger partial charge in [0.05, 0.1) is 30.9 Å². The number of carbonyl (C=O) groups is 1. The highest BCUT2D eigenvalue weighted by molar-refractivity contribution is 7.80. The fourth-order valence-corrected chi connectivity index (χ4v) is 2.49. The van der Waals surface area contributed by atoms with E-state index >= 15 is 0 Å². The van der Waals surface area contributed by atoms with Gasteiger partial charge < -0.3 is 15.0 Å². The van der Waals surface area contributed by atoms with E-state index in [0.29, 0.717) is 35.9 Å². The Morgan fingerprint density at radius 3 is 2.84 bits per heavy atom. The van der Waals surface area contributed by atoms with E-state index < -0.39 is 5.97 Å². The highest BCUT2D eigenvalue weighted by atomic mass is 32.1. The van der Waals surface area contributed by atoms with Gasteiger partial charge in [0, 0.05) is 25.5 Å². The van der Waals surface area contributed by atoms with Gasteiger partial charge in [-0.25, -0.2) is 4.79 Å². The monoisotopic (exact) mass is 354 g/mol. The summed E-state index contributed by atoms with van der Waals surface area (Å²) in [5.41, 5.74) is 1.94. The second-order valence-electron chi connectivity index (χ2n) is 5.16. The van der Waals surface area contributed by atoms with Crippen LogP contribution in [0.1, 0.15) is 22.3 Å². The number of nitriles is 1. The van der Waals surface area contributed by atoms with Crippen molar-refractivity contribution < 1.29 is 9.53 Å². The maximum atomic E-state index is 11.9. The second-order valence-corrected chi connectivity index (χ2v) is 5.54. The average Bonchev–Trinajstić information content (AvgIpc) is 2.65. The van der Waals surface area contributed by atoms with Gasteiger partial charge in [-0.3, -0.25) is 4.98 Å². The Labute approximate surface area is 152 Å². The highest BCUT2D eigenvalue weighted by Gasteiger charge is 2.15. The molecule has 0 bridgehead atoms. The molecular formula is C18H18N4O2S. The lowest BCUT2D eigenvalue weighted by Crippen LogP contribution is -2.35. The largest absolute Gasteiger partial charge is 0.465 e. The molecule has 0 saturated carbocycles. The third-order valence-corrected chi connectivity index (χ3v) is 3.81. The Kier molecular flexibility index (Phi) is 6.87. The predicted molar refractivity (Wildman–Crippen MR) is 98.9 cm³/mol. The summed E-state index contributed by atoms with van der Waals surface area (Å²) in [5.74, 6) is -0.443. The maximum absolute atomic E-state index is 11.9. The number of anilines is 1. The molecule has 1 aromatic carbocycles. The number of hydrogen-bond acceptors (Lipinski definition) is 5. The number of methoxy groups -OCH3 is 1. The van der Waals surface area contributed by atoms with Crippen molar-refractivity contribution in [1.82, 2.24) is 9.88 Å². The number of benzene rings is 1. The van der Waals surface area contributed by atoms with Gasteiger partial charge in [-0.2, -0.15) is 5.26 Å². The van der Waals surface area contributed by atoms with Crippen LogP contribution in [0.4, 0.5) is 5.69 Å². The number of ether oxygens (including phenoxy) is 1. The lowest BCUT2D eigenvalue weighted by atomic mass is 10.2. The topological polar surface area (TPSA) is 78.2 Å². The molecule has 2 aromatic rings. The zero-order valence-electron chi connectivity index (χ0n) is 13.8. The second kappa shape index (κ2) is 9.35. The van der Waals surface area contributed by atoms with Crippen LogP contribution in [0.25, 0.3) is 0 Å². The first-order valence-electron chi connectivity index (χ1n) is 7.65. The molecule has 0 saturated heterocycles. The summed E-state index contributed by atoms with van der Waals surface area (Å²) < 4.78 is 4.79. The zero-order chi connectivity index (χ0) is 18.1. The Bertz CT molecular complexity index is 774. The molecule has 0 aliphatic carbocycles. The minimum Gasteiger partial charge on any atom is -0.465 e. The van der Waals surface area contributed by atoms with Crippen LogP contribution in [-0.4, -0.2) is 34.6 Å². The number of hydrogen-bond donors (Lipinski definition) is 1. The van der Waals surface area contributed by atoms with E-state index in [1.807, 2.05) is 17.0 Å². The van der Waals surface area contributed by atoms with Crippen LogP contribution in [0.2, 0.25) is 0 Å². The van der Waals surface area contributed by atoms with Crippen molar-refractivity contribution in [3.05, 3.63) is 59.9 Å². The van der Waals surface area contributed by atoms with Crippen molar-refractivity contribution in [3.8, 4) is 6.07 Å². The third-order valence-electron chi connectivity index (χ3n) is 3.45. The molecule has 0 atom stereocenters. The molecule has 1 N–H and O–H groups in total. The number of nitrogens with zero attached hydrogens (tertiary/aromatic N) is 3. The number of rotatable bonds is 6. The van der Waals surface area contributed by atoms with Crippen molar-refractivity contribution in [2.45, 2.75) is 13.0 Å². The molecule has 1 aromatic heterocycles. The first kappa shape index (κ1) is 18.4. The molecule has 2 rings (SSSR count). The number of aromatic nitrogens is 1. The first-order valence-corrected chi connectivity index (χ1v) is 8.05. The Morgan fingerprint density at radius 2 is 2.16 bits per heavy atom. The Morgan fingerprint density at radius 1 is 1.36 bits per heavy atom. The van der Waals surface area contributed by atoms with Crippen LogP contribution in [0.15, 0.2) is 48.8 Å². The van der Waals surface area contributed by atoms with Crippen molar-refractivity contribution in [2.75, 3.05) is 19.0 Å². The van der Waals surface area contributed by atoms with E-state index in [0.717, 1.165) is 5.56 Å². The van der Waals surface area contributed by atoms with Crippen molar-refractivity contribution in [1.29, 1.82) is 5.26 Å². The molecule has 0 unspecified atom stereocenters. The molecule has 25 heavy (non-hydrogen) atoms. The van der Waals surface area contributed by atoms with Crippen LogP contribution >= 0.6 is 12.2 Å². The van der Waals surface area contributed by atoms with Gasteiger partial charge in [0.2, 0.25) is 0 Å². The summed E-state index contributed by atoms with van der Waals surface area (Å²) in [7, 11) is 1.33. The number of para-hydroxylation sites is 1. The van der Waals surface area contributed by atoms with Gasteiger partial charge in [0.25, 0.3) is 0 Å². The molecule has 0 fully saturated rings. The number of carbonyl (C=O) groups excluding carboxylic acids is 1. The number of thiocarbonyl (C=S) groups is 1. The Balaban J connectivity index is 2.17. The summed E-state index contributed by atoms with van der Waals surface area (Å²) in [6.07, 6.45) is 3.79. The molecule has 0 spiro atoms. The number of pyridine rings is 1. The van der Waals surface area contributed by atoms with E-state index in [4.69, 9.17) is 22.2 Å². The molecule has 6 nitrogen and oxygen atoms in total. The molecule has 0 amide bonds. The standard InChI is InChI=1S/C18H18N4O2S/c1-24-17(23)15-7-2-3-8-16(15)21-18(25)22(11-5-9-19)13-14-6-4-10-20-12-14/h2-4,6-8,10,12H,5,11,13H2,1H3,(H,21,25). The van der Waals surface area contributed by atoms with Crippen molar-refractivity contribution >= 4 is 29.0 Å². The van der Waals surface area contributed by atoms with E-state index in [1.165, 1.54) is 7.11 Å². The smallest absolute Gasteiger partial charge is 0.339 e. The highest BCUT2D eigenvalue weighted by Crippen LogP contribution is 2.17.